The van der Waals surface area contributed by atoms with Crippen molar-refractivity contribution in [1.29, 1.82) is 0 Å². The Balaban J connectivity index is 1.64. The highest BCUT2D eigenvalue weighted by molar-refractivity contribution is 5.97. The number of nitrogen functional groups attached to an aromatic ring is 1. The molecule has 13 nitrogen and oxygen atoms in total. The summed E-state index contributed by atoms with van der Waals surface area (Å²) in [7, 11) is 0. The molecule has 190 valence electrons. The van der Waals surface area contributed by atoms with Gasteiger partial charge in [0.05, 0.1) is 18.4 Å². The van der Waals surface area contributed by atoms with E-state index in [4.69, 9.17) is 15.6 Å². The third-order valence-electron chi connectivity index (χ3n) is 4.75. The topological polar surface area (TPSA) is 202 Å². The summed E-state index contributed by atoms with van der Waals surface area (Å²) in [5.41, 5.74) is 5.85. The summed E-state index contributed by atoms with van der Waals surface area (Å²) in [5, 5.41) is 14.6. The molecule has 0 saturated carbocycles. The predicted octanol–water partition coefficient (Wildman–Crippen LogP) is 1.21. The normalized spacial score (nSPS) is 12.1. The highest BCUT2D eigenvalue weighted by Crippen LogP contribution is 2.14. The lowest BCUT2D eigenvalue weighted by molar-refractivity contribution is -0.157. The van der Waals surface area contributed by atoms with Crippen molar-refractivity contribution < 1.29 is 24.2 Å². The number of nitrogens with zero attached hydrogens (tertiary/aromatic N) is 3. The van der Waals surface area contributed by atoms with E-state index in [2.05, 4.69) is 30.6 Å². The van der Waals surface area contributed by atoms with Gasteiger partial charge in [0, 0.05) is 17.7 Å². The fourth-order valence-electron chi connectivity index (χ4n) is 3.12. The quantitative estimate of drug-likeness (QED) is 0.266. The van der Waals surface area contributed by atoms with Crippen LogP contribution in [-0.2, 0) is 20.9 Å². The summed E-state index contributed by atoms with van der Waals surface area (Å²) in [6.45, 7) is 5.29. The van der Waals surface area contributed by atoms with E-state index in [9.17, 15) is 19.2 Å². The number of ether oxygens (including phenoxy) is 1. The SMILES string of the molecule is CC(C)(C)OC(=O)[C@H](CCC(=O)O)NC(=O)c1ccc(NCc2cnc3nc(N)[nH]c(=O)c3n2)cc1. The molecular formula is C23H27N7O6. The number of aliphatic carboxylic acids is 1. The molecule has 36 heavy (non-hydrogen) atoms. The number of H-pyrrole nitrogens is 1. The number of aromatic nitrogens is 4. The number of rotatable bonds is 9. The van der Waals surface area contributed by atoms with E-state index in [1.54, 1.807) is 45.0 Å². The van der Waals surface area contributed by atoms with Gasteiger partial charge in [-0.05, 0) is 51.5 Å². The van der Waals surface area contributed by atoms with Gasteiger partial charge in [0.2, 0.25) is 5.95 Å². The first kappa shape index (κ1) is 26.1. The maximum absolute atomic E-state index is 12.7. The molecule has 1 aromatic carbocycles. The van der Waals surface area contributed by atoms with Crippen LogP contribution >= 0.6 is 0 Å². The van der Waals surface area contributed by atoms with Crippen molar-refractivity contribution in [3.63, 3.8) is 0 Å². The number of aromatic amines is 1. The molecule has 1 atom stereocenters. The van der Waals surface area contributed by atoms with E-state index >= 15 is 0 Å². The lowest BCUT2D eigenvalue weighted by atomic mass is 10.1. The minimum Gasteiger partial charge on any atom is -0.481 e. The molecule has 0 radical (unpaired) electrons. The zero-order valence-corrected chi connectivity index (χ0v) is 20.0. The average molecular weight is 498 g/mol. The number of nitrogens with two attached hydrogens (primary N) is 1. The fourth-order valence-corrected chi connectivity index (χ4v) is 3.12. The Morgan fingerprint density at radius 2 is 1.86 bits per heavy atom. The van der Waals surface area contributed by atoms with Crippen LogP contribution in [0, 0.1) is 0 Å². The van der Waals surface area contributed by atoms with Gasteiger partial charge in [-0.3, -0.25) is 19.4 Å². The number of amides is 1. The molecule has 0 fully saturated rings. The van der Waals surface area contributed by atoms with Crippen molar-refractivity contribution in [2.45, 2.75) is 51.8 Å². The van der Waals surface area contributed by atoms with Gasteiger partial charge in [0.15, 0.2) is 11.2 Å². The Bertz CT molecular complexity index is 1330. The highest BCUT2D eigenvalue weighted by atomic mass is 16.6. The second kappa shape index (κ2) is 10.8. The van der Waals surface area contributed by atoms with Crippen LogP contribution in [-0.4, -0.2) is 54.5 Å². The molecule has 3 aromatic rings. The summed E-state index contributed by atoms with van der Waals surface area (Å²) >= 11 is 0. The van der Waals surface area contributed by atoms with E-state index in [1.807, 2.05) is 0 Å². The first-order chi connectivity index (χ1) is 16.9. The van der Waals surface area contributed by atoms with Gasteiger partial charge < -0.3 is 26.2 Å². The number of carbonyl (C=O) groups is 3. The lowest BCUT2D eigenvalue weighted by Crippen LogP contribution is -2.44. The summed E-state index contributed by atoms with van der Waals surface area (Å²) in [4.78, 5) is 62.7. The van der Waals surface area contributed by atoms with Crippen LogP contribution in [0.1, 0.15) is 49.7 Å². The molecule has 2 heterocycles. The molecule has 13 heteroatoms. The third kappa shape index (κ3) is 7.22. The Hall–Kier alpha value is -4.55. The number of nitrogens with one attached hydrogen (secondary N) is 3. The van der Waals surface area contributed by atoms with Crippen molar-refractivity contribution in [3.05, 3.63) is 52.1 Å². The Labute approximate surface area is 205 Å². The highest BCUT2D eigenvalue weighted by Gasteiger charge is 2.27. The molecule has 0 aliphatic rings. The Morgan fingerprint density at radius 3 is 2.50 bits per heavy atom. The number of benzene rings is 1. The van der Waals surface area contributed by atoms with Crippen LogP contribution in [0.3, 0.4) is 0 Å². The molecule has 3 rings (SSSR count). The number of hydrogen-bond donors (Lipinski definition) is 5. The van der Waals surface area contributed by atoms with Gasteiger partial charge in [0.1, 0.15) is 11.6 Å². The first-order valence-corrected chi connectivity index (χ1v) is 11.0. The lowest BCUT2D eigenvalue weighted by Gasteiger charge is -2.24. The van der Waals surface area contributed by atoms with Crippen LogP contribution in [0.2, 0.25) is 0 Å². The van der Waals surface area contributed by atoms with Gasteiger partial charge >= 0.3 is 11.9 Å². The maximum atomic E-state index is 12.7. The van der Waals surface area contributed by atoms with Gasteiger partial charge in [0.25, 0.3) is 11.5 Å². The van der Waals surface area contributed by atoms with Gasteiger partial charge in [-0.1, -0.05) is 0 Å². The van der Waals surface area contributed by atoms with Crippen LogP contribution in [0.5, 0.6) is 0 Å². The third-order valence-corrected chi connectivity index (χ3v) is 4.75. The number of hydrogen-bond acceptors (Lipinski definition) is 10. The van der Waals surface area contributed by atoms with E-state index in [-0.39, 0.29) is 42.1 Å². The minimum atomic E-state index is -1.11. The summed E-state index contributed by atoms with van der Waals surface area (Å²) in [6, 6.07) is 5.29. The summed E-state index contributed by atoms with van der Waals surface area (Å²) < 4.78 is 5.30. The number of carboxylic acid groups (broad SMARTS) is 1. The maximum Gasteiger partial charge on any atom is 0.329 e. The van der Waals surface area contributed by atoms with Crippen molar-refractivity contribution in [2.24, 2.45) is 0 Å². The molecule has 6 N–H and O–H groups in total. The van der Waals surface area contributed by atoms with Crippen LogP contribution < -0.4 is 21.9 Å². The number of esters is 1. The molecule has 0 saturated heterocycles. The van der Waals surface area contributed by atoms with Crippen molar-refractivity contribution in [1.82, 2.24) is 25.3 Å². The molecule has 0 bridgehead atoms. The molecule has 0 aliphatic carbocycles. The van der Waals surface area contributed by atoms with Crippen molar-refractivity contribution >= 4 is 40.6 Å². The standard InChI is InChI=1S/C23H27N7O6/c1-23(2,3)36-21(35)15(8-9-16(31)32)28-19(33)12-4-6-13(7-5-12)25-10-14-11-26-18-17(27-14)20(34)30-22(24)29-18/h4-7,11,15,25H,8-10H2,1-3H3,(H,28,33)(H,31,32)(H3,24,26,29,30,34)/t15-/m0/s1. The van der Waals surface area contributed by atoms with Crippen LogP contribution in [0.15, 0.2) is 35.3 Å². The van der Waals surface area contributed by atoms with E-state index in [1.165, 1.54) is 6.20 Å². The molecule has 1 amide bonds. The molecule has 2 aromatic heterocycles. The molecular weight excluding hydrogens is 470 g/mol. The van der Waals surface area contributed by atoms with Gasteiger partial charge in [-0.25, -0.2) is 14.8 Å². The minimum absolute atomic E-state index is 0.0453. The molecule has 0 aliphatic heterocycles. The van der Waals surface area contributed by atoms with E-state index in [0.29, 0.717) is 11.4 Å². The second-order valence-corrected chi connectivity index (χ2v) is 8.91. The smallest absolute Gasteiger partial charge is 0.329 e. The monoisotopic (exact) mass is 497 g/mol. The summed E-state index contributed by atoms with van der Waals surface area (Å²) in [6.07, 6.45) is 1.06. The fraction of sp³-hybridized carbons (Fsp3) is 0.348. The number of carbonyl (C=O) groups excluding carboxylic acids is 2. The molecule has 0 unspecified atom stereocenters. The Morgan fingerprint density at radius 1 is 1.17 bits per heavy atom. The zero-order valence-electron chi connectivity index (χ0n) is 20.0. The largest absolute Gasteiger partial charge is 0.481 e. The van der Waals surface area contributed by atoms with E-state index in [0.717, 1.165) is 0 Å². The predicted molar refractivity (Wildman–Crippen MR) is 130 cm³/mol. The summed E-state index contributed by atoms with van der Waals surface area (Å²) in [5.74, 6) is -2.39. The second-order valence-electron chi connectivity index (χ2n) is 8.91. The average Bonchev–Trinajstić information content (AvgIpc) is 2.79. The van der Waals surface area contributed by atoms with Crippen molar-refractivity contribution in [2.75, 3.05) is 11.1 Å². The van der Waals surface area contributed by atoms with Gasteiger partial charge in [-0.2, -0.15) is 4.98 Å². The van der Waals surface area contributed by atoms with Crippen LogP contribution in [0.25, 0.3) is 11.2 Å². The molecule has 0 spiro atoms. The van der Waals surface area contributed by atoms with E-state index < -0.39 is 35.0 Å². The number of fused-ring (bicyclic) bond motifs is 1. The van der Waals surface area contributed by atoms with Gasteiger partial charge in [-0.15, -0.1) is 0 Å². The number of anilines is 2. The number of carboxylic acids is 1. The van der Waals surface area contributed by atoms with Crippen molar-refractivity contribution in [3.8, 4) is 0 Å². The Kier molecular flexibility index (Phi) is 7.82. The van der Waals surface area contributed by atoms with Crippen LogP contribution in [0.4, 0.5) is 11.6 Å². The zero-order chi connectivity index (χ0) is 26.5. The first-order valence-electron chi connectivity index (χ1n) is 11.0.